The van der Waals surface area contributed by atoms with Crippen LogP contribution in [-0.2, 0) is 4.79 Å². The number of amides is 2. The van der Waals surface area contributed by atoms with Crippen LogP contribution in [0.4, 0.5) is 5.82 Å². The molecule has 2 aliphatic rings. The third-order valence-corrected chi connectivity index (χ3v) is 5.94. The molecule has 4 heterocycles. The summed E-state index contributed by atoms with van der Waals surface area (Å²) >= 11 is 5.96. The molecule has 0 radical (unpaired) electrons. The summed E-state index contributed by atoms with van der Waals surface area (Å²) in [5.74, 6) is 0.125. The van der Waals surface area contributed by atoms with Gasteiger partial charge in [-0.15, -0.1) is 0 Å². The molecule has 1 saturated heterocycles. The molecule has 30 heavy (non-hydrogen) atoms. The van der Waals surface area contributed by atoms with Gasteiger partial charge < -0.3 is 9.80 Å². The third kappa shape index (κ3) is 4.15. The Morgan fingerprint density at radius 2 is 1.97 bits per heavy atom. The van der Waals surface area contributed by atoms with Gasteiger partial charge in [0.1, 0.15) is 5.82 Å². The smallest absolute Gasteiger partial charge is 0.280 e. The van der Waals surface area contributed by atoms with Crippen LogP contribution in [0.3, 0.4) is 0 Å². The molecule has 0 aliphatic carbocycles. The van der Waals surface area contributed by atoms with Gasteiger partial charge in [-0.1, -0.05) is 11.6 Å². The number of carbonyl (C=O) groups excluding carboxylic acids is 2. The molecule has 0 N–H and O–H groups in total. The molecule has 2 aromatic heterocycles. The fourth-order valence-corrected chi connectivity index (χ4v) is 4.23. The van der Waals surface area contributed by atoms with Crippen LogP contribution in [0.5, 0.6) is 0 Å². The zero-order valence-electron chi connectivity index (χ0n) is 17.0. The Morgan fingerprint density at radius 1 is 1.20 bits per heavy atom. The van der Waals surface area contributed by atoms with Crippen LogP contribution in [0.25, 0.3) is 0 Å². The van der Waals surface area contributed by atoms with Gasteiger partial charge in [-0.3, -0.25) is 19.5 Å². The minimum Gasteiger partial charge on any atom is -0.342 e. The van der Waals surface area contributed by atoms with Crippen LogP contribution in [0, 0.1) is 0 Å². The Labute approximate surface area is 180 Å². The van der Waals surface area contributed by atoms with Crippen molar-refractivity contribution in [1.82, 2.24) is 24.8 Å². The molecule has 9 heteroatoms. The van der Waals surface area contributed by atoms with E-state index in [-0.39, 0.29) is 23.9 Å². The van der Waals surface area contributed by atoms with Crippen LogP contribution >= 0.6 is 11.6 Å². The minimum absolute atomic E-state index is 0.00744. The van der Waals surface area contributed by atoms with Gasteiger partial charge in [-0.2, -0.15) is 0 Å². The van der Waals surface area contributed by atoms with Gasteiger partial charge in [0.05, 0.1) is 23.2 Å². The molecule has 158 valence electrons. The lowest BCUT2D eigenvalue weighted by Gasteiger charge is -2.28. The lowest BCUT2D eigenvalue weighted by Crippen LogP contribution is -2.40. The van der Waals surface area contributed by atoms with E-state index in [1.54, 1.807) is 18.3 Å². The van der Waals surface area contributed by atoms with Crippen molar-refractivity contribution in [2.45, 2.75) is 32.2 Å². The number of hydrogen-bond donors (Lipinski definition) is 0. The number of fused-ring (bicyclic) bond motifs is 1. The monoisotopic (exact) mass is 428 g/mol. The highest BCUT2D eigenvalue weighted by atomic mass is 35.5. The van der Waals surface area contributed by atoms with E-state index in [2.05, 4.69) is 19.9 Å². The highest BCUT2D eigenvalue weighted by molar-refractivity contribution is 6.30. The molecule has 2 aliphatic heterocycles. The zero-order valence-corrected chi connectivity index (χ0v) is 17.8. The summed E-state index contributed by atoms with van der Waals surface area (Å²) in [6.45, 7) is 6.36. The number of rotatable bonds is 7. The Hall–Kier alpha value is -2.58. The van der Waals surface area contributed by atoms with Crippen molar-refractivity contribution in [3.8, 4) is 0 Å². The predicted octanol–water partition coefficient (Wildman–Crippen LogP) is 2.56. The van der Waals surface area contributed by atoms with Crippen molar-refractivity contribution >= 4 is 29.2 Å². The van der Waals surface area contributed by atoms with Crippen molar-refractivity contribution < 1.29 is 9.59 Å². The molecule has 0 bridgehead atoms. The van der Waals surface area contributed by atoms with Crippen molar-refractivity contribution in [1.29, 1.82) is 0 Å². The first-order chi connectivity index (χ1) is 14.6. The first kappa shape index (κ1) is 20.7. The quantitative estimate of drug-likeness (QED) is 0.674. The zero-order chi connectivity index (χ0) is 21.1. The van der Waals surface area contributed by atoms with E-state index in [1.807, 2.05) is 11.8 Å². The highest BCUT2D eigenvalue weighted by Crippen LogP contribution is 2.37. The van der Waals surface area contributed by atoms with Gasteiger partial charge in [0.2, 0.25) is 5.91 Å². The van der Waals surface area contributed by atoms with E-state index in [0.717, 1.165) is 19.6 Å². The maximum Gasteiger partial charge on any atom is 0.280 e. The van der Waals surface area contributed by atoms with E-state index >= 15 is 0 Å². The van der Waals surface area contributed by atoms with Gasteiger partial charge in [-0.25, -0.2) is 9.97 Å². The van der Waals surface area contributed by atoms with Crippen molar-refractivity contribution in [3.05, 3.63) is 47.1 Å². The predicted molar refractivity (Wildman–Crippen MR) is 113 cm³/mol. The lowest BCUT2D eigenvalue weighted by atomic mass is 10.1. The second kappa shape index (κ2) is 9.06. The van der Waals surface area contributed by atoms with Crippen LogP contribution in [0.15, 0.2) is 30.7 Å². The second-order valence-electron chi connectivity index (χ2n) is 7.54. The lowest BCUT2D eigenvalue weighted by molar-refractivity contribution is -0.131. The molecule has 0 unspecified atom stereocenters. The van der Waals surface area contributed by atoms with E-state index in [0.29, 0.717) is 29.6 Å². The van der Waals surface area contributed by atoms with Crippen LogP contribution in [0.2, 0.25) is 5.02 Å². The van der Waals surface area contributed by atoms with E-state index in [4.69, 9.17) is 11.6 Å². The average Bonchev–Trinajstić information content (AvgIpc) is 3.37. The number of aromatic nitrogens is 3. The Bertz CT molecular complexity index is 916. The van der Waals surface area contributed by atoms with Gasteiger partial charge in [0.15, 0.2) is 5.69 Å². The standard InChI is InChI=1S/C21H25ClN6O2/c1-2-27(12-11-26-9-3-4-10-26)18(29)13-16-19-20(24-8-7-23-19)21(30)28(16)17-6-5-15(22)14-25-17/h5-8,14,16H,2-4,9-13H2,1H3/t16-/m1/s1. The van der Waals surface area contributed by atoms with E-state index in [9.17, 15) is 9.59 Å². The summed E-state index contributed by atoms with van der Waals surface area (Å²) in [6, 6.07) is 2.81. The summed E-state index contributed by atoms with van der Waals surface area (Å²) in [6.07, 6.45) is 7.11. The molecule has 0 aromatic carbocycles. The fourth-order valence-electron chi connectivity index (χ4n) is 4.12. The molecule has 4 rings (SSSR count). The van der Waals surface area contributed by atoms with Gasteiger partial charge in [-0.05, 0) is 45.0 Å². The van der Waals surface area contributed by atoms with Crippen LogP contribution in [-0.4, -0.2) is 69.3 Å². The van der Waals surface area contributed by atoms with Crippen molar-refractivity contribution in [3.63, 3.8) is 0 Å². The minimum atomic E-state index is -0.539. The first-order valence-corrected chi connectivity index (χ1v) is 10.7. The maximum absolute atomic E-state index is 13.2. The largest absolute Gasteiger partial charge is 0.342 e. The third-order valence-electron chi connectivity index (χ3n) is 5.72. The summed E-state index contributed by atoms with van der Waals surface area (Å²) in [5.41, 5.74) is 0.787. The number of likely N-dealkylation sites (tertiary alicyclic amines) is 1. The molecular formula is C21H25ClN6O2. The summed E-state index contributed by atoms with van der Waals surface area (Å²) in [4.78, 5) is 44.8. The normalized spacial score (nSPS) is 18.7. The molecular weight excluding hydrogens is 404 g/mol. The van der Waals surface area contributed by atoms with Gasteiger partial charge in [0, 0.05) is 38.2 Å². The molecule has 8 nitrogen and oxygen atoms in total. The van der Waals surface area contributed by atoms with Crippen molar-refractivity contribution in [2.75, 3.05) is 37.6 Å². The highest BCUT2D eigenvalue weighted by Gasteiger charge is 2.42. The number of halogens is 1. The average molecular weight is 429 g/mol. The second-order valence-corrected chi connectivity index (χ2v) is 7.98. The molecule has 1 atom stereocenters. The topological polar surface area (TPSA) is 82.5 Å². The van der Waals surface area contributed by atoms with E-state index < -0.39 is 6.04 Å². The van der Waals surface area contributed by atoms with Gasteiger partial charge in [0.25, 0.3) is 5.91 Å². The molecule has 0 saturated carbocycles. The number of nitrogens with zero attached hydrogens (tertiary/aromatic N) is 6. The molecule has 1 fully saturated rings. The Kier molecular flexibility index (Phi) is 6.24. The Morgan fingerprint density at radius 3 is 2.67 bits per heavy atom. The first-order valence-electron chi connectivity index (χ1n) is 10.3. The van der Waals surface area contributed by atoms with Crippen LogP contribution in [0.1, 0.15) is 48.4 Å². The molecule has 0 spiro atoms. The summed E-state index contributed by atoms with van der Waals surface area (Å²) < 4.78 is 0. The van der Waals surface area contributed by atoms with E-state index in [1.165, 1.54) is 30.1 Å². The number of carbonyl (C=O) groups is 2. The molecule has 2 aromatic rings. The number of hydrogen-bond acceptors (Lipinski definition) is 6. The SMILES string of the molecule is CCN(CCN1CCCC1)C(=O)C[C@@H]1c2nccnc2C(=O)N1c1ccc(Cl)cn1. The van der Waals surface area contributed by atoms with Crippen molar-refractivity contribution in [2.24, 2.45) is 0 Å². The van der Waals surface area contributed by atoms with Gasteiger partial charge >= 0.3 is 0 Å². The molecule has 2 amide bonds. The maximum atomic E-state index is 13.2. The summed E-state index contributed by atoms with van der Waals surface area (Å²) in [7, 11) is 0. The summed E-state index contributed by atoms with van der Waals surface area (Å²) in [5, 5.41) is 0.478. The van der Waals surface area contributed by atoms with Crippen LogP contribution < -0.4 is 4.90 Å². The number of pyridine rings is 1. The number of likely N-dealkylation sites (N-methyl/N-ethyl adjacent to an activating group) is 1. The number of anilines is 1. The Balaban J connectivity index is 1.55. The fraction of sp³-hybridized carbons (Fsp3) is 0.476.